The second-order valence-electron chi connectivity index (χ2n) is 4.55. The van der Waals surface area contributed by atoms with Crippen LogP contribution in [0.25, 0.3) is 0 Å². The minimum absolute atomic E-state index is 0.166. The van der Waals surface area contributed by atoms with E-state index in [1.807, 2.05) is 30.3 Å². The van der Waals surface area contributed by atoms with E-state index in [0.29, 0.717) is 0 Å². The molecule has 1 aromatic carbocycles. The van der Waals surface area contributed by atoms with E-state index in [-0.39, 0.29) is 11.9 Å². The highest BCUT2D eigenvalue weighted by molar-refractivity contribution is 7.54. The molecule has 0 heterocycles. The number of benzene rings is 1. The van der Waals surface area contributed by atoms with Gasteiger partial charge >= 0.3 is 7.60 Å². The predicted molar refractivity (Wildman–Crippen MR) is 71.0 cm³/mol. The predicted octanol–water partition coefficient (Wildman–Crippen LogP) is 3.02. The molecule has 0 saturated heterocycles. The molecule has 0 N–H and O–H groups in total. The fourth-order valence-corrected chi connectivity index (χ4v) is 2.75. The lowest BCUT2D eigenvalue weighted by Gasteiger charge is -2.25. The molecule has 0 aliphatic carbocycles. The van der Waals surface area contributed by atoms with E-state index >= 15 is 0 Å². The SMILES string of the molecule is COP(=O)(CC(=O)C(C)(C)c1ccccc1)OC. The van der Waals surface area contributed by atoms with Crippen molar-refractivity contribution in [3.05, 3.63) is 35.9 Å². The van der Waals surface area contributed by atoms with Crippen LogP contribution >= 0.6 is 7.60 Å². The maximum Gasteiger partial charge on any atom is 0.337 e. The topological polar surface area (TPSA) is 52.6 Å². The number of hydrogen-bond donors (Lipinski definition) is 0. The monoisotopic (exact) mass is 270 g/mol. The van der Waals surface area contributed by atoms with E-state index in [1.165, 1.54) is 14.2 Å². The Labute approximate surface area is 108 Å². The van der Waals surface area contributed by atoms with Gasteiger partial charge in [0.1, 0.15) is 6.16 Å². The highest BCUT2D eigenvalue weighted by Crippen LogP contribution is 2.47. The Kier molecular flexibility index (Phi) is 4.85. The molecule has 4 nitrogen and oxygen atoms in total. The van der Waals surface area contributed by atoms with Crippen LogP contribution in [0.3, 0.4) is 0 Å². The van der Waals surface area contributed by atoms with Crippen molar-refractivity contribution in [1.29, 1.82) is 0 Å². The van der Waals surface area contributed by atoms with Crippen LogP contribution in [0.4, 0.5) is 0 Å². The Morgan fingerprint density at radius 2 is 1.67 bits per heavy atom. The van der Waals surface area contributed by atoms with Crippen molar-refractivity contribution in [3.63, 3.8) is 0 Å². The molecule has 0 saturated carbocycles. The third kappa shape index (κ3) is 3.29. The Balaban J connectivity index is 2.93. The van der Waals surface area contributed by atoms with E-state index < -0.39 is 13.0 Å². The molecule has 0 aliphatic heterocycles. The van der Waals surface area contributed by atoms with Crippen LogP contribution in [0, 0.1) is 0 Å². The fourth-order valence-electron chi connectivity index (χ4n) is 1.59. The fraction of sp³-hybridized carbons (Fsp3) is 0.462. The van der Waals surface area contributed by atoms with E-state index in [4.69, 9.17) is 9.05 Å². The minimum Gasteiger partial charge on any atom is -0.312 e. The summed E-state index contributed by atoms with van der Waals surface area (Å²) < 4.78 is 21.6. The van der Waals surface area contributed by atoms with E-state index in [1.54, 1.807) is 13.8 Å². The van der Waals surface area contributed by atoms with Crippen molar-refractivity contribution < 1.29 is 18.4 Å². The normalized spacial score (nSPS) is 12.4. The molecule has 0 spiro atoms. The summed E-state index contributed by atoms with van der Waals surface area (Å²) in [6.07, 6.45) is -0.220. The lowest BCUT2D eigenvalue weighted by atomic mass is 9.81. The Hall–Kier alpha value is -0.960. The van der Waals surface area contributed by atoms with Gasteiger partial charge in [-0.25, -0.2) is 0 Å². The van der Waals surface area contributed by atoms with Crippen molar-refractivity contribution in [2.75, 3.05) is 20.4 Å². The van der Waals surface area contributed by atoms with Crippen molar-refractivity contribution in [3.8, 4) is 0 Å². The second kappa shape index (κ2) is 5.79. The van der Waals surface area contributed by atoms with Gasteiger partial charge in [-0.2, -0.15) is 0 Å². The molecule has 0 bridgehead atoms. The summed E-state index contributed by atoms with van der Waals surface area (Å²) in [6.45, 7) is 3.61. The Morgan fingerprint density at radius 3 is 2.11 bits per heavy atom. The van der Waals surface area contributed by atoms with Crippen molar-refractivity contribution in [2.45, 2.75) is 19.3 Å². The van der Waals surface area contributed by atoms with Crippen molar-refractivity contribution in [2.24, 2.45) is 0 Å². The number of ketones is 1. The van der Waals surface area contributed by atoms with Gasteiger partial charge in [0.15, 0.2) is 5.78 Å². The first-order valence-electron chi connectivity index (χ1n) is 5.65. The molecule has 0 fully saturated rings. The zero-order valence-electron chi connectivity index (χ0n) is 11.2. The van der Waals surface area contributed by atoms with Crippen LogP contribution in [-0.2, 0) is 23.8 Å². The average molecular weight is 270 g/mol. The number of hydrogen-bond acceptors (Lipinski definition) is 4. The highest BCUT2D eigenvalue weighted by atomic mass is 31.2. The molecular weight excluding hydrogens is 251 g/mol. The number of carbonyl (C=O) groups excluding carboxylic acids is 1. The summed E-state index contributed by atoms with van der Waals surface area (Å²) in [5.41, 5.74) is 0.169. The van der Waals surface area contributed by atoms with Crippen LogP contribution in [0.5, 0.6) is 0 Å². The summed E-state index contributed by atoms with van der Waals surface area (Å²) in [7, 11) is -0.734. The number of Topliss-reactive ketones (excluding diaryl/α,β-unsaturated/α-hetero) is 1. The van der Waals surface area contributed by atoms with E-state index in [0.717, 1.165) is 5.56 Å². The summed E-state index contributed by atoms with van der Waals surface area (Å²) in [5, 5.41) is 0. The lowest BCUT2D eigenvalue weighted by molar-refractivity contribution is -0.121. The van der Waals surface area contributed by atoms with Crippen molar-refractivity contribution >= 4 is 13.4 Å². The van der Waals surface area contributed by atoms with Gasteiger partial charge in [0.25, 0.3) is 0 Å². The zero-order chi connectivity index (χ0) is 13.8. The molecule has 0 atom stereocenters. The molecule has 5 heteroatoms. The first-order chi connectivity index (χ1) is 8.35. The second-order valence-corrected chi connectivity index (χ2v) is 6.82. The third-order valence-electron chi connectivity index (χ3n) is 3.09. The Morgan fingerprint density at radius 1 is 1.17 bits per heavy atom. The molecular formula is C13H19O4P. The molecule has 1 rings (SSSR count). The van der Waals surface area contributed by atoms with Crippen LogP contribution in [-0.4, -0.2) is 26.2 Å². The van der Waals surface area contributed by atoms with Gasteiger partial charge in [-0.05, 0) is 19.4 Å². The molecule has 0 amide bonds. The molecule has 0 aliphatic rings. The van der Waals surface area contributed by atoms with Gasteiger partial charge in [-0.1, -0.05) is 30.3 Å². The van der Waals surface area contributed by atoms with Crippen LogP contribution in [0.1, 0.15) is 19.4 Å². The first kappa shape index (κ1) is 15.1. The largest absolute Gasteiger partial charge is 0.337 e. The van der Waals surface area contributed by atoms with E-state index in [9.17, 15) is 9.36 Å². The molecule has 0 aromatic heterocycles. The van der Waals surface area contributed by atoms with Crippen molar-refractivity contribution in [1.82, 2.24) is 0 Å². The maximum atomic E-state index is 12.3. The van der Waals surface area contributed by atoms with Gasteiger partial charge in [0.05, 0.1) is 0 Å². The minimum atomic E-state index is -3.30. The quantitative estimate of drug-likeness (QED) is 0.745. The molecule has 0 unspecified atom stereocenters. The summed E-state index contributed by atoms with van der Waals surface area (Å²) in [6, 6.07) is 9.39. The Bertz CT molecular complexity index is 445. The van der Waals surface area contributed by atoms with Gasteiger partial charge in [-0.15, -0.1) is 0 Å². The smallest absolute Gasteiger partial charge is 0.312 e. The molecule has 0 radical (unpaired) electrons. The first-order valence-corrected chi connectivity index (χ1v) is 7.38. The molecule has 100 valence electrons. The maximum absolute atomic E-state index is 12.3. The van der Waals surface area contributed by atoms with Crippen LogP contribution in [0.15, 0.2) is 30.3 Å². The third-order valence-corrected chi connectivity index (χ3v) is 4.87. The van der Waals surface area contributed by atoms with Crippen LogP contribution in [0.2, 0.25) is 0 Å². The average Bonchev–Trinajstić information content (AvgIpc) is 2.39. The zero-order valence-corrected chi connectivity index (χ0v) is 12.1. The number of rotatable bonds is 6. The lowest BCUT2D eigenvalue weighted by Crippen LogP contribution is -2.31. The summed E-state index contributed by atoms with van der Waals surface area (Å²) >= 11 is 0. The summed E-state index contributed by atoms with van der Waals surface area (Å²) in [5.74, 6) is -0.166. The van der Waals surface area contributed by atoms with Gasteiger partial charge in [-0.3, -0.25) is 9.36 Å². The van der Waals surface area contributed by atoms with Gasteiger partial charge in [0.2, 0.25) is 0 Å². The van der Waals surface area contributed by atoms with Gasteiger partial charge < -0.3 is 9.05 Å². The number of carbonyl (C=O) groups is 1. The standard InChI is InChI=1S/C13H19O4P/c1-13(2,11-8-6-5-7-9-11)12(14)10-18(15,16-3)17-4/h5-9H,10H2,1-4H3. The molecule has 18 heavy (non-hydrogen) atoms. The van der Waals surface area contributed by atoms with Crippen LogP contribution < -0.4 is 0 Å². The summed E-state index contributed by atoms with van der Waals surface area (Å²) in [4.78, 5) is 12.3. The highest BCUT2D eigenvalue weighted by Gasteiger charge is 2.35. The molecule has 1 aromatic rings. The van der Waals surface area contributed by atoms with E-state index in [2.05, 4.69) is 0 Å². The van der Waals surface area contributed by atoms with Gasteiger partial charge in [0, 0.05) is 19.6 Å².